The number of carbonyl (C=O) groups is 1. The molecule has 182 valence electrons. The van der Waals surface area contributed by atoms with Crippen molar-refractivity contribution in [3.63, 3.8) is 0 Å². The van der Waals surface area contributed by atoms with E-state index in [2.05, 4.69) is 11.1 Å². The molecule has 0 bridgehead atoms. The number of aromatic nitrogens is 6. The van der Waals surface area contributed by atoms with E-state index in [0.717, 1.165) is 44.6 Å². The zero-order chi connectivity index (χ0) is 25.0. The van der Waals surface area contributed by atoms with Crippen molar-refractivity contribution < 1.29 is 9.53 Å². The van der Waals surface area contributed by atoms with Gasteiger partial charge in [0.1, 0.15) is 17.6 Å². The van der Waals surface area contributed by atoms with Gasteiger partial charge in [0.25, 0.3) is 0 Å². The molecule has 0 radical (unpaired) electrons. The first kappa shape index (κ1) is 22.2. The van der Waals surface area contributed by atoms with Gasteiger partial charge in [0.2, 0.25) is 5.95 Å². The van der Waals surface area contributed by atoms with E-state index in [9.17, 15) is 4.79 Å². The Morgan fingerprint density at radius 3 is 2.75 bits per heavy atom. The van der Waals surface area contributed by atoms with Gasteiger partial charge >= 0.3 is 6.09 Å². The summed E-state index contributed by atoms with van der Waals surface area (Å²) in [6, 6.07) is 12.0. The van der Waals surface area contributed by atoms with Crippen LogP contribution in [-0.4, -0.2) is 52.2 Å². The molecule has 9 nitrogen and oxygen atoms in total. The molecule has 1 amide bonds. The van der Waals surface area contributed by atoms with Crippen molar-refractivity contribution in [2.75, 3.05) is 6.54 Å². The van der Waals surface area contributed by atoms with Gasteiger partial charge in [0, 0.05) is 49.1 Å². The summed E-state index contributed by atoms with van der Waals surface area (Å²) in [5.41, 5.74) is 5.77. The second-order valence-electron chi connectivity index (χ2n) is 10.1. The normalized spacial score (nSPS) is 13.8. The topological polar surface area (TPSA) is 91.0 Å². The van der Waals surface area contributed by atoms with Crippen LogP contribution in [0.15, 0.2) is 55.1 Å². The van der Waals surface area contributed by atoms with E-state index in [4.69, 9.17) is 19.7 Å². The maximum absolute atomic E-state index is 12.7. The van der Waals surface area contributed by atoms with E-state index in [1.807, 2.05) is 79.7 Å². The van der Waals surface area contributed by atoms with Crippen molar-refractivity contribution in [1.29, 1.82) is 0 Å². The summed E-state index contributed by atoms with van der Waals surface area (Å²) < 4.78 is 9.48. The van der Waals surface area contributed by atoms with Crippen molar-refractivity contribution in [3.8, 4) is 17.2 Å². The molecule has 4 aromatic heterocycles. The minimum absolute atomic E-state index is 0.305. The first-order valence-corrected chi connectivity index (χ1v) is 12.0. The standard InChI is InChI=1S/C27H27N7O2/c1-27(2,3)36-26(35)33-12-10-20-18(15-33)13-17(14-28-20)23-19-9-11-32(4)24(19)31-25(30-23)34-16-29-21-7-5-6-8-22(21)34/h5-9,11,13-14,16H,10,12,15H2,1-4H3. The molecule has 0 fully saturated rings. The second-order valence-corrected chi connectivity index (χ2v) is 10.1. The highest BCUT2D eigenvalue weighted by Crippen LogP contribution is 2.31. The lowest BCUT2D eigenvalue weighted by Crippen LogP contribution is -2.40. The summed E-state index contributed by atoms with van der Waals surface area (Å²) in [6.45, 7) is 6.67. The highest BCUT2D eigenvalue weighted by molar-refractivity contribution is 5.92. The number of pyridine rings is 1. The van der Waals surface area contributed by atoms with Crippen LogP contribution in [0.25, 0.3) is 39.3 Å². The van der Waals surface area contributed by atoms with Crippen molar-refractivity contribution in [2.45, 2.75) is 39.3 Å². The summed E-state index contributed by atoms with van der Waals surface area (Å²) in [6.07, 6.45) is 5.98. The molecule has 0 saturated heterocycles. The number of para-hydroxylation sites is 2. The lowest BCUT2D eigenvalue weighted by atomic mass is 10.0. The summed E-state index contributed by atoms with van der Waals surface area (Å²) in [5.74, 6) is 0.543. The largest absolute Gasteiger partial charge is 0.444 e. The van der Waals surface area contributed by atoms with Crippen LogP contribution in [0.1, 0.15) is 32.0 Å². The highest BCUT2D eigenvalue weighted by atomic mass is 16.6. The number of rotatable bonds is 2. The Morgan fingerprint density at radius 2 is 1.92 bits per heavy atom. The summed E-state index contributed by atoms with van der Waals surface area (Å²) in [4.78, 5) is 33.5. The monoisotopic (exact) mass is 481 g/mol. The van der Waals surface area contributed by atoms with Gasteiger partial charge in [0.15, 0.2) is 0 Å². The lowest BCUT2D eigenvalue weighted by Gasteiger charge is -2.31. The molecular formula is C27H27N7O2. The molecule has 6 rings (SSSR count). The van der Waals surface area contributed by atoms with Gasteiger partial charge in [-0.1, -0.05) is 12.1 Å². The maximum atomic E-state index is 12.7. The van der Waals surface area contributed by atoms with E-state index >= 15 is 0 Å². The molecule has 0 N–H and O–H groups in total. The number of carbonyl (C=O) groups excluding carboxylic acids is 1. The smallest absolute Gasteiger partial charge is 0.410 e. The van der Waals surface area contributed by atoms with Crippen LogP contribution in [0.3, 0.4) is 0 Å². The Bertz CT molecular complexity index is 1630. The third-order valence-corrected chi connectivity index (χ3v) is 6.35. The van der Waals surface area contributed by atoms with E-state index in [1.54, 1.807) is 11.2 Å². The maximum Gasteiger partial charge on any atom is 0.410 e. The quantitative estimate of drug-likeness (QED) is 0.364. The van der Waals surface area contributed by atoms with Crippen molar-refractivity contribution in [2.24, 2.45) is 7.05 Å². The second kappa shape index (κ2) is 8.15. The number of imidazole rings is 1. The number of fused-ring (bicyclic) bond motifs is 3. The number of hydrogen-bond acceptors (Lipinski definition) is 6. The number of hydrogen-bond donors (Lipinski definition) is 0. The molecule has 0 aliphatic carbocycles. The van der Waals surface area contributed by atoms with Crippen LogP contribution in [-0.2, 0) is 24.8 Å². The SMILES string of the molecule is Cn1ccc2c(-c3cnc4c(c3)CN(C(=O)OC(C)(C)C)CC4)nc(-n3cnc4ccccc43)nc21. The van der Waals surface area contributed by atoms with E-state index in [0.29, 0.717) is 25.5 Å². The molecule has 0 unspecified atom stereocenters. The fraction of sp³-hybridized carbons (Fsp3) is 0.296. The molecule has 5 heterocycles. The number of nitrogens with zero attached hydrogens (tertiary/aromatic N) is 7. The molecule has 0 saturated carbocycles. The lowest BCUT2D eigenvalue weighted by molar-refractivity contribution is 0.0223. The predicted octanol–water partition coefficient (Wildman–Crippen LogP) is 4.66. The average molecular weight is 482 g/mol. The van der Waals surface area contributed by atoms with E-state index in [-0.39, 0.29) is 6.09 Å². The van der Waals surface area contributed by atoms with Gasteiger partial charge in [-0.15, -0.1) is 0 Å². The number of amides is 1. The van der Waals surface area contributed by atoms with Crippen LogP contribution in [0.4, 0.5) is 4.79 Å². The van der Waals surface area contributed by atoms with Gasteiger partial charge in [-0.05, 0) is 50.6 Å². The summed E-state index contributed by atoms with van der Waals surface area (Å²) in [7, 11) is 1.97. The number of aryl methyl sites for hydroxylation is 1. The van der Waals surface area contributed by atoms with Gasteiger partial charge in [-0.3, -0.25) is 9.55 Å². The molecule has 1 aliphatic rings. The van der Waals surface area contributed by atoms with E-state index in [1.165, 1.54) is 0 Å². The van der Waals surface area contributed by atoms with Crippen molar-refractivity contribution in [3.05, 3.63) is 66.4 Å². The van der Waals surface area contributed by atoms with Gasteiger partial charge in [-0.25, -0.2) is 14.8 Å². The summed E-state index contributed by atoms with van der Waals surface area (Å²) in [5, 5.41) is 0.937. The van der Waals surface area contributed by atoms with Gasteiger partial charge < -0.3 is 14.2 Å². The first-order valence-electron chi connectivity index (χ1n) is 12.0. The van der Waals surface area contributed by atoms with Gasteiger partial charge in [-0.2, -0.15) is 4.98 Å². The van der Waals surface area contributed by atoms with Crippen LogP contribution in [0.2, 0.25) is 0 Å². The molecule has 36 heavy (non-hydrogen) atoms. The number of ether oxygens (including phenoxy) is 1. The Labute approximate surface area is 208 Å². The Morgan fingerprint density at radius 1 is 1.08 bits per heavy atom. The molecule has 0 atom stereocenters. The van der Waals surface area contributed by atoms with Crippen LogP contribution >= 0.6 is 0 Å². The zero-order valence-electron chi connectivity index (χ0n) is 20.8. The fourth-order valence-corrected chi connectivity index (χ4v) is 4.61. The van der Waals surface area contributed by atoms with Crippen LogP contribution in [0.5, 0.6) is 0 Å². The minimum atomic E-state index is -0.536. The minimum Gasteiger partial charge on any atom is -0.444 e. The van der Waals surface area contributed by atoms with Crippen LogP contribution < -0.4 is 0 Å². The molecule has 1 aromatic carbocycles. The van der Waals surface area contributed by atoms with Crippen molar-refractivity contribution >= 4 is 28.2 Å². The Hall–Kier alpha value is -4.27. The average Bonchev–Trinajstić information content (AvgIpc) is 3.45. The molecule has 1 aliphatic heterocycles. The first-order chi connectivity index (χ1) is 17.3. The third-order valence-electron chi connectivity index (χ3n) is 6.35. The Balaban J connectivity index is 1.43. The third kappa shape index (κ3) is 3.86. The highest BCUT2D eigenvalue weighted by Gasteiger charge is 2.27. The molecule has 9 heteroatoms. The number of benzene rings is 1. The van der Waals surface area contributed by atoms with Crippen LogP contribution in [0, 0.1) is 0 Å². The molecular weight excluding hydrogens is 454 g/mol. The fourth-order valence-electron chi connectivity index (χ4n) is 4.61. The molecule has 5 aromatic rings. The zero-order valence-corrected chi connectivity index (χ0v) is 20.8. The molecule has 0 spiro atoms. The summed E-state index contributed by atoms with van der Waals surface area (Å²) >= 11 is 0. The van der Waals surface area contributed by atoms with E-state index < -0.39 is 5.60 Å². The Kier molecular flexibility index (Phi) is 5.03. The van der Waals surface area contributed by atoms with Crippen molar-refractivity contribution in [1.82, 2.24) is 34.0 Å². The van der Waals surface area contributed by atoms with Gasteiger partial charge in [0.05, 0.1) is 23.3 Å². The predicted molar refractivity (Wildman–Crippen MR) is 137 cm³/mol.